The number of hydrogen-bond donors (Lipinski definition) is 0. The number of benzene rings is 1. The molecule has 2 aromatic heterocycles. The average molecular weight is 427 g/mol. The molecule has 0 radical (unpaired) electrons. The van der Waals surface area contributed by atoms with Gasteiger partial charge in [0, 0.05) is 30.1 Å². The van der Waals surface area contributed by atoms with Gasteiger partial charge in [0.1, 0.15) is 12.1 Å². The summed E-state index contributed by atoms with van der Waals surface area (Å²) in [5.41, 5.74) is 3.70. The van der Waals surface area contributed by atoms with Crippen molar-refractivity contribution in [3.8, 4) is 11.4 Å². The fourth-order valence-electron chi connectivity index (χ4n) is 3.88. The molecule has 158 valence electrons. The Bertz CT molecular complexity index is 1040. The minimum Gasteiger partial charge on any atom is -0.495 e. The van der Waals surface area contributed by atoms with Gasteiger partial charge in [-0.1, -0.05) is 23.9 Å². The number of Topliss-reactive ketones (excluding diaryl/α,β-unsaturated/α-hetero) is 1. The molecule has 0 N–H and O–H groups in total. The highest BCUT2D eigenvalue weighted by Crippen LogP contribution is 2.28. The van der Waals surface area contributed by atoms with Gasteiger partial charge >= 0.3 is 0 Å². The van der Waals surface area contributed by atoms with Crippen molar-refractivity contribution in [3.63, 3.8) is 0 Å². The zero-order valence-electron chi connectivity index (χ0n) is 17.5. The van der Waals surface area contributed by atoms with E-state index in [-0.39, 0.29) is 17.6 Å². The Morgan fingerprint density at radius 1 is 1.33 bits per heavy atom. The van der Waals surface area contributed by atoms with Gasteiger partial charge in [-0.15, -0.1) is 10.2 Å². The van der Waals surface area contributed by atoms with Gasteiger partial charge in [-0.25, -0.2) is 0 Å². The summed E-state index contributed by atoms with van der Waals surface area (Å²) in [6, 6.07) is 9.65. The highest BCUT2D eigenvalue weighted by Gasteiger charge is 2.22. The third kappa shape index (κ3) is 4.15. The van der Waals surface area contributed by atoms with Gasteiger partial charge in [-0.3, -0.25) is 9.36 Å². The molecule has 1 aliphatic heterocycles. The molecule has 1 atom stereocenters. The second-order valence-electron chi connectivity index (χ2n) is 7.40. The molecule has 0 saturated carbocycles. The number of ether oxygens (including phenoxy) is 2. The first-order chi connectivity index (χ1) is 14.6. The molecule has 3 aromatic rings. The SMILES string of the molecule is COc1ccccc1-n1cnnc1SCC(=O)c1cc(C)n(CC2CCCO2)c1C. The lowest BCUT2D eigenvalue weighted by Crippen LogP contribution is -2.17. The van der Waals surface area contributed by atoms with Crippen LogP contribution in [0.5, 0.6) is 5.75 Å². The summed E-state index contributed by atoms with van der Waals surface area (Å²) in [7, 11) is 1.63. The van der Waals surface area contributed by atoms with Crippen LogP contribution in [-0.2, 0) is 11.3 Å². The molecule has 30 heavy (non-hydrogen) atoms. The molecule has 1 unspecified atom stereocenters. The topological polar surface area (TPSA) is 71.2 Å². The summed E-state index contributed by atoms with van der Waals surface area (Å²) in [6.45, 7) is 5.70. The number of hydrogen-bond acceptors (Lipinski definition) is 6. The van der Waals surface area contributed by atoms with E-state index in [9.17, 15) is 4.79 Å². The van der Waals surface area contributed by atoms with E-state index >= 15 is 0 Å². The molecule has 0 aliphatic carbocycles. The fraction of sp³-hybridized carbons (Fsp3) is 0.409. The van der Waals surface area contributed by atoms with Crippen LogP contribution in [0.15, 0.2) is 41.8 Å². The highest BCUT2D eigenvalue weighted by molar-refractivity contribution is 7.99. The van der Waals surface area contributed by atoms with Crippen LogP contribution in [0.3, 0.4) is 0 Å². The largest absolute Gasteiger partial charge is 0.495 e. The first-order valence-corrected chi connectivity index (χ1v) is 11.0. The minimum atomic E-state index is 0.0845. The maximum Gasteiger partial charge on any atom is 0.196 e. The van der Waals surface area contributed by atoms with E-state index in [1.165, 1.54) is 11.8 Å². The van der Waals surface area contributed by atoms with Crippen LogP contribution in [0.2, 0.25) is 0 Å². The summed E-state index contributed by atoms with van der Waals surface area (Å²) in [6.07, 6.45) is 4.07. The van der Waals surface area contributed by atoms with Gasteiger partial charge in [0.25, 0.3) is 0 Å². The van der Waals surface area contributed by atoms with E-state index in [4.69, 9.17) is 9.47 Å². The predicted octanol–water partition coefficient (Wildman–Crippen LogP) is 3.85. The van der Waals surface area contributed by atoms with E-state index in [1.54, 1.807) is 13.4 Å². The van der Waals surface area contributed by atoms with Crippen molar-refractivity contribution < 1.29 is 14.3 Å². The maximum atomic E-state index is 13.0. The normalized spacial score (nSPS) is 16.2. The molecule has 8 heteroatoms. The van der Waals surface area contributed by atoms with Crippen LogP contribution in [-0.4, -0.2) is 50.7 Å². The Morgan fingerprint density at radius 3 is 2.93 bits per heavy atom. The van der Waals surface area contributed by atoms with Gasteiger partial charge in [0.15, 0.2) is 10.9 Å². The number of para-hydroxylation sites is 2. The second-order valence-corrected chi connectivity index (χ2v) is 8.34. The predicted molar refractivity (Wildman–Crippen MR) is 116 cm³/mol. The molecule has 0 bridgehead atoms. The number of rotatable bonds is 8. The molecule has 1 fully saturated rings. The third-order valence-corrected chi connectivity index (χ3v) is 6.42. The standard InChI is InChI=1S/C22H26N4O3S/c1-15-11-18(16(2)25(15)12-17-7-6-10-29-17)20(27)13-30-22-24-23-14-26(22)19-8-4-5-9-21(19)28-3/h4-5,8-9,11,14,17H,6-7,10,12-13H2,1-3H3. The van der Waals surface area contributed by atoms with Crippen molar-refractivity contribution in [2.24, 2.45) is 0 Å². The molecular formula is C22H26N4O3S. The number of carbonyl (C=O) groups excluding carboxylic acids is 1. The summed E-state index contributed by atoms with van der Waals surface area (Å²) >= 11 is 1.38. The smallest absolute Gasteiger partial charge is 0.196 e. The van der Waals surface area contributed by atoms with Crippen molar-refractivity contribution in [1.29, 1.82) is 0 Å². The molecule has 3 heterocycles. The number of aromatic nitrogens is 4. The lowest BCUT2D eigenvalue weighted by atomic mass is 10.2. The van der Waals surface area contributed by atoms with E-state index in [2.05, 4.69) is 14.8 Å². The maximum absolute atomic E-state index is 13.0. The zero-order chi connectivity index (χ0) is 21.1. The molecule has 1 aromatic carbocycles. The lowest BCUT2D eigenvalue weighted by molar-refractivity contribution is 0.0957. The zero-order valence-corrected chi connectivity index (χ0v) is 18.3. The van der Waals surface area contributed by atoms with E-state index in [0.29, 0.717) is 5.16 Å². The van der Waals surface area contributed by atoms with Gasteiger partial charge in [0.05, 0.1) is 24.7 Å². The van der Waals surface area contributed by atoms with Gasteiger partial charge < -0.3 is 14.0 Å². The lowest BCUT2D eigenvalue weighted by Gasteiger charge is -2.14. The number of thioether (sulfide) groups is 1. The van der Waals surface area contributed by atoms with Crippen molar-refractivity contribution >= 4 is 17.5 Å². The first kappa shape index (κ1) is 20.7. The van der Waals surface area contributed by atoms with Crippen LogP contribution in [0, 0.1) is 13.8 Å². The molecular weight excluding hydrogens is 400 g/mol. The average Bonchev–Trinajstić information content (AvgIpc) is 3.50. The number of ketones is 1. The summed E-state index contributed by atoms with van der Waals surface area (Å²) in [4.78, 5) is 13.0. The van der Waals surface area contributed by atoms with Gasteiger partial charge in [0.2, 0.25) is 0 Å². The quantitative estimate of drug-likeness (QED) is 0.403. The van der Waals surface area contributed by atoms with E-state index in [1.807, 2.05) is 48.7 Å². The summed E-state index contributed by atoms with van der Waals surface area (Å²) < 4.78 is 15.3. The monoisotopic (exact) mass is 426 g/mol. The second kappa shape index (κ2) is 9.06. The van der Waals surface area contributed by atoms with Crippen LogP contribution in [0.25, 0.3) is 5.69 Å². The van der Waals surface area contributed by atoms with Crippen molar-refractivity contribution in [2.75, 3.05) is 19.5 Å². The molecule has 0 amide bonds. The van der Waals surface area contributed by atoms with Crippen molar-refractivity contribution in [2.45, 2.75) is 44.5 Å². The number of methoxy groups -OCH3 is 1. The number of nitrogens with zero attached hydrogens (tertiary/aromatic N) is 4. The van der Waals surface area contributed by atoms with Crippen LogP contribution in [0.4, 0.5) is 0 Å². The fourth-order valence-corrected chi connectivity index (χ4v) is 4.69. The van der Waals surface area contributed by atoms with Crippen molar-refractivity contribution in [1.82, 2.24) is 19.3 Å². The summed E-state index contributed by atoms with van der Waals surface area (Å²) in [5.74, 6) is 1.10. The first-order valence-electron chi connectivity index (χ1n) is 10.1. The molecule has 4 rings (SSSR count). The Labute approximate surface area is 180 Å². The number of aryl methyl sites for hydroxylation is 1. The Morgan fingerprint density at radius 2 is 2.17 bits per heavy atom. The van der Waals surface area contributed by atoms with E-state index < -0.39 is 0 Å². The Balaban J connectivity index is 1.48. The van der Waals surface area contributed by atoms with Gasteiger partial charge in [-0.2, -0.15) is 0 Å². The summed E-state index contributed by atoms with van der Waals surface area (Å²) in [5, 5.41) is 8.87. The molecule has 1 saturated heterocycles. The molecule has 1 aliphatic rings. The van der Waals surface area contributed by atoms with Crippen LogP contribution in [0.1, 0.15) is 34.6 Å². The minimum absolute atomic E-state index is 0.0845. The Kier molecular flexibility index (Phi) is 6.24. The molecule has 0 spiro atoms. The third-order valence-electron chi connectivity index (χ3n) is 5.48. The highest BCUT2D eigenvalue weighted by atomic mass is 32.2. The number of carbonyl (C=O) groups is 1. The van der Waals surface area contributed by atoms with Crippen molar-refractivity contribution in [3.05, 3.63) is 53.6 Å². The van der Waals surface area contributed by atoms with Crippen LogP contribution >= 0.6 is 11.8 Å². The van der Waals surface area contributed by atoms with E-state index in [0.717, 1.165) is 54.4 Å². The van der Waals surface area contributed by atoms with Crippen LogP contribution < -0.4 is 4.74 Å². The van der Waals surface area contributed by atoms with Gasteiger partial charge in [-0.05, 0) is 44.9 Å². The Hall–Kier alpha value is -2.58. The molecule has 7 nitrogen and oxygen atoms in total.